The molecular formula is C10H13NO. The van der Waals surface area contributed by atoms with Gasteiger partial charge in [-0.1, -0.05) is 24.3 Å². The van der Waals surface area contributed by atoms with Gasteiger partial charge in [0.2, 0.25) is 0 Å². The van der Waals surface area contributed by atoms with Crippen molar-refractivity contribution >= 4 is 0 Å². The molecule has 2 rings (SSSR count). The summed E-state index contributed by atoms with van der Waals surface area (Å²) in [7, 11) is 0. The maximum absolute atomic E-state index is 9.03. The van der Waals surface area contributed by atoms with Crippen molar-refractivity contribution in [2.75, 3.05) is 6.61 Å². The second kappa shape index (κ2) is 2.88. The molecule has 3 N–H and O–H groups in total. The van der Waals surface area contributed by atoms with E-state index in [1.165, 1.54) is 11.1 Å². The maximum Gasteiger partial charge on any atom is 0.0480 e. The highest BCUT2D eigenvalue weighted by molar-refractivity contribution is 5.35. The maximum atomic E-state index is 9.03. The Balaban J connectivity index is 2.35. The van der Waals surface area contributed by atoms with Gasteiger partial charge in [0.25, 0.3) is 0 Å². The first kappa shape index (κ1) is 7.77. The molecule has 0 unspecified atom stereocenters. The van der Waals surface area contributed by atoms with E-state index in [0.29, 0.717) is 0 Å². The number of hydrogen-bond donors (Lipinski definition) is 2. The van der Waals surface area contributed by atoms with Gasteiger partial charge in [0.05, 0.1) is 0 Å². The van der Waals surface area contributed by atoms with Crippen molar-refractivity contribution in [3.05, 3.63) is 35.4 Å². The monoisotopic (exact) mass is 163 g/mol. The molecule has 12 heavy (non-hydrogen) atoms. The third kappa shape index (κ3) is 1.04. The van der Waals surface area contributed by atoms with Crippen LogP contribution in [0.5, 0.6) is 0 Å². The topological polar surface area (TPSA) is 46.2 Å². The van der Waals surface area contributed by atoms with Crippen molar-refractivity contribution in [1.29, 1.82) is 0 Å². The molecule has 0 fully saturated rings. The molecule has 0 radical (unpaired) electrons. The smallest absolute Gasteiger partial charge is 0.0480 e. The van der Waals surface area contributed by atoms with Crippen LogP contribution in [0.3, 0.4) is 0 Å². The summed E-state index contributed by atoms with van der Waals surface area (Å²) in [4.78, 5) is 0. The first-order valence-electron chi connectivity index (χ1n) is 4.27. The first-order chi connectivity index (χ1) is 5.83. The lowest BCUT2D eigenvalue weighted by atomic mass is 10.0. The lowest BCUT2D eigenvalue weighted by Gasteiger charge is -2.11. The third-order valence-electron chi connectivity index (χ3n) is 2.64. The largest absolute Gasteiger partial charge is 0.396 e. The Labute approximate surface area is 72.0 Å². The number of rotatable bonds is 1. The van der Waals surface area contributed by atoms with Gasteiger partial charge in [-0.25, -0.2) is 0 Å². The Morgan fingerprint density at radius 3 is 2.83 bits per heavy atom. The van der Waals surface area contributed by atoms with Gasteiger partial charge in [0, 0.05) is 18.6 Å². The van der Waals surface area contributed by atoms with Crippen LogP contribution in [0.1, 0.15) is 17.2 Å². The summed E-state index contributed by atoms with van der Waals surface area (Å²) in [6.45, 7) is 0.190. The molecule has 2 nitrogen and oxygen atoms in total. The zero-order valence-corrected chi connectivity index (χ0v) is 6.90. The van der Waals surface area contributed by atoms with Crippen molar-refractivity contribution in [3.63, 3.8) is 0 Å². The van der Waals surface area contributed by atoms with E-state index in [4.69, 9.17) is 10.8 Å². The summed E-state index contributed by atoms with van der Waals surface area (Å²) in [5, 5.41) is 9.03. The Kier molecular flexibility index (Phi) is 1.87. The van der Waals surface area contributed by atoms with E-state index in [1.807, 2.05) is 12.1 Å². The average Bonchev–Trinajstić information content (AvgIpc) is 2.44. The molecule has 0 amide bonds. The number of aliphatic hydroxyl groups is 1. The van der Waals surface area contributed by atoms with Gasteiger partial charge in [0.15, 0.2) is 0 Å². The molecule has 64 valence electrons. The van der Waals surface area contributed by atoms with Gasteiger partial charge in [-0.15, -0.1) is 0 Å². The highest BCUT2D eigenvalue weighted by Gasteiger charge is 2.28. The minimum Gasteiger partial charge on any atom is -0.396 e. The van der Waals surface area contributed by atoms with Gasteiger partial charge >= 0.3 is 0 Å². The minimum absolute atomic E-state index is 0.0335. The Morgan fingerprint density at radius 1 is 1.42 bits per heavy atom. The normalized spacial score (nSPS) is 27.2. The Morgan fingerprint density at radius 2 is 2.17 bits per heavy atom. The summed E-state index contributed by atoms with van der Waals surface area (Å²) < 4.78 is 0. The lowest BCUT2D eigenvalue weighted by molar-refractivity contribution is 0.214. The van der Waals surface area contributed by atoms with Crippen LogP contribution >= 0.6 is 0 Å². The van der Waals surface area contributed by atoms with Crippen molar-refractivity contribution in [2.45, 2.75) is 12.5 Å². The third-order valence-corrected chi connectivity index (χ3v) is 2.64. The van der Waals surface area contributed by atoms with Crippen LogP contribution in [-0.4, -0.2) is 11.7 Å². The molecule has 0 saturated heterocycles. The summed E-state index contributed by atoms with van der Waals surface area (Å²) in [5.74, 6) is 0.224. The van der Waals surface area contributed by atoms with E-state index < -0.39 is 0 Å². The summed E-state index contributed by atoms with van der Waals surface area (Å²) in [6, 6.07) is 8.19. The van der Waals surface area contributed by atoms with Crippen molar-refractivity contribution < 1.29 is 5.11 Å². The van der Waals surface area contributed by atoms with Gasteiger partial charge in [-0.3, -0.25) is 0 Å². The molecule has 0 aromatic heterocycles. The zero-order valence-electron chi connectivity index (χ0n) is 6.90. The fourth-order valence-corrected chi connectivity index (χ4v) is 1.89. The molecule has 2 heteroatoms. The van der Waals surface area contributed by atoms with Crippen LogP contribution in [0.15, 0.2) is 24.3 Å². The van der Waals surface area contributed by atoms with Crippen LogP contribution in [-0.2, 0) is 6.42 Å². The molecule has 0 saturated carbocycles. The fraction of sp³-hybridized carbons (Fsp3) is 0.400. The molecule has 0 heterocycles. The quantitative estimate of drug-likeness (QED) is 0.644. The molecule has 1 aromatic rings. The van der Waals surface area contributed by atoms with E-state index in [-0.39, 0.29) is 18.6 Å². The lowest BCUT2D eigenvalue weighted by Crippen LogP contribution is -2.19. The number of fused-ring (bicyclic) bond motifs is 1. The molecule has 1 aliphatic rings. The van der Waals surface area contributed by atoms with Gasteiger partial charge < -0.3 is 10.8 Å². The van der Waals surface area contributed by atoms with Crippen LogP contribution in [0.2, 0.25) is 0 Å². The SMILES string of the molecule is N[C@H]1c2ccccc2C[C@H]1CO. The van der Waals surface area contributed by atoms with Gasteiger partial charge in [-0.05, 0) is 17.5 Å². The predicted molar refractivity (Wildman–Crippen MR) is 47.7 cm³/mol. The number of aliphatic hydroxyl groups excluding tert-OH is 1. The van der Waals surface area contributed by atoms with E-state index in [2.05, 4.69) is 12.1 Å². The van der Waals surface area contributed by atoms with E-state index >= 15 is 0 Å². The van der Waals surface area contributed by atoms with E-state index in [9.17, 15) is 0 Å². The van der Waals surface area contributed by atoms with E-state index in [0.717, 1.165) is 6.42 Å². The second-order valence-corrected chi connectivity index (χ2v) is 3.37. The molecule has 1 aromatic carbocycles. The van der Waals surface area contributed by atoms with Crippen LogP contribution in [0.25, 0.3) is 0 Å². The Bertz CT molecular complexity index is 285. The van der Waals surface area contributed by atoms with E-state index in [1.54, 1.807) is 0 Å². The number of nitrogens with two attached hydrogens (primary N) is 1. The molecule has 2 atom stereocenters. The summed E-state index contributed by atoms with van der Waals surface area (Å²) >= 11 is 0. The summed E-state index contributed by atoms with van der Waals surface area (Å²) in [6.07, 6.45) is 0.924. The zero-order chi connectivity index (χ0) is 8.55. The summed E-state index contributed by atoms with van der Waals surface area (Å²) in [5.41, 5.74) is 8.44. The van der Waals surface area contributed by atoms with Crippen molar-refractivity contribution in [2.24, 2.45) is 11.7 Å². The molecule has 0 bridgehead atoms. The highest BCUT2D eigenvalue weighted by Crippen LogP contribution is 2.33. The molecule has 0 aliphatic heterocycles. The Hall–Kier alpha value is -0.860. The highest BCUT2D eigenvalue weighted by atomic mass is 16.3. The van der Waals surface area contributed by atoms with Crippen molar-refractivity contribution in [3.8, 4) is 0 Å². The standard InChI is InChI=1S/C10H13NO/c11-10-8(6-12)5-7-3-1-2-4-9(7)10/h1-4,8,10,12H,5-6,11H2/t8-,10+/m0/s1. The first-order valence-corrected chi connectivity index (χ1v) is 4.27. The van der Waals surface area contributed by atoms with Gasteiger partial charge in [0.1, 0.15) is 0 Å². The van der Waals surface area contributed by atoms with Crippen LogP contribution in [0, 0.1) is 5.92 Å². The van der Waals surface area contributed by atoms with Gasteiger partial charge in [-0.2, -0.15) is 0 Å². The fourth-order valence-electron chi connectivity index (χ4n) is 1.89. The molecule has 1 aliphatic carbocycles. The average molecular weight is 163 g/mol. The number of hydrogen-bond acceptors (Lipinski definition) is 2. The molecule has 0 spiro atoms. The van der Waals surface area contributed by atoms with Crippen LogP contribution < -0.4 is 5.73 Å². The van der Waals surface area contributed by atoms with Crippen LogP contribution in [0.4, 0.5) is 0 Å². The second-order valence-electron chi connectivity index (χ2n) is 3.37. The number of benzene rings is 1. The van der Waals surface area contributed by atoms with Crippen molar-refractivity contribution in [1.82, 2.24) is 0 Å². The minimum atomic E-state index is 0.0335. The molecular weight excluding hydrogens is 150 g/mol. The predicted octanol–water partition coefficient (Wildman–Crippen LogP) is 0.851.